The van der Waals surface area contributed by atoms with E-state index in [9.17, 15) is 9.90 Å². The van der Waals surface area contributed by atoms with Gasteiger partial charge in [-0.05, 0) is 37.6 Å². The Hall–Kier alpha value is -2.13. The first kappa shape index (κ1) is 15.3. The number of aliphatic hydroxyl groups excluding tert-OH is 1. The van der Waals surface area contributed by atoms with Crippen molar-refractivity contribution in [1.29, 1.82) is 0 Å². The predicted octanol–water partition coefficient (Wildman–Crippen LogP) is 3.38. The van der Waals surface area contributed by atoms with E-state index in [4.69, 9.17) is 4.74 Å². The monoisotopic (exact) mass is 284 g/mol. The highest BCUT2D eigenvalue weighted by Crippen LogP contribution is 2.16. The molecular formula is C18H20O3. The number of ketones is 1. The lowest BCUT2D eigenvalue weighted by atomic mass is 10.0. The van der Waals surface area contributed by atoms with Crippen molar-refractivity contribution in [2.75, 3.05) is 6.61 Å². The van der Waals surface area contributed by atoms with Gasteiger partial charge in [-0.3, -0.25) is 4.79 Å². The maximum absolute atomic E-state index is 12.3. The fourth-order valence-electron chi connectivity index (χ4n) is 1.88. The average Bonchev–Trinajstić information content (AvgIpc) is 2.53. The molecule has 2 aromatic carbocycles. The van der Waals surface area contributed by atoms with Crippen LogP contribution in [-0.2, 0) is 0 Å². The Morgan fingerprint density at radius 1 is 1.05 bits per heavy atom. The number of hydrogen-bond acceptors (Lipinski definition) is 3. The third kappa shape index (κ3) is 4.17. The second-order valence-electron chi connectivity index (χ2n) is 5.09. The summed E-state index contributed by atoms with van der Waals surface area (Å²) in [4.78, 5) is 12.3. The molecule has 2 rings (SSSR count). The highest BCUT2D eigenvalue weighted by molar-refractivity contribution is 6.09. The molecule has 3 nitrogen and oxygen atoms in total. The first-order valence-corrected chi connectivity index (χ1v) is 7.12. The molecule has 2 aromatic rings. The van der Waals surface area contributed by atoms with Crippen LogP contribution in [0.1, 0.15) is 34.8 Å². The summed E-state index contributed by atoms with van der Waals surface area (Å²) in [5.74, 6) is 0.651. The van der Waals surface area contributed by atoms with Gasteiger partial charge in [0.2, 0.25) is 0 Å². The van der Waals surface area contributed by atoms with E-state index in [0.29, 0.717) is 23.3 Å². The highest BCUT2D eigenvalue weighted by Gasteiger charge is 2.09. The molecule has 0 saturated carbocycles. The molecule has 3 heteroatoms. The maximum atomic E-state index is 12.3. The molecule has 0 spiro atoms. The van der Waals surface area contributed by atoms with E-state index >= 15 is 0 Å². The van der Waals surface area contributed by atoms with E-state index in [2.05, 4.69) is 0 Å². The molecule has 0 aromatic heterocycles. The van der Waals surface area contributed by atoms with Crippen LogP contribution >= 0.6 is 0 Å². The van der Waals surface area contributed by atoms with Gasteiger partial charge in [0.05, 0.1) is 6.10 Å². The minimum Gasteiger partial charge on any atom is -0.491 e. The molecule has 0 aliphatic rings. The Balaban J connectivity index is 2.04. The smallest absolute Gasteiger partial charge is 0.193 e. The normalized spacial score (nSPS) is 12.0. The second kappa shape index (κ2) is 7.04. The topological polar surface area (TPSA) is 46.5 Å². The molecular weight excluding hydrogens is 264 g/mol. The van der Waals surface area contributed by atoms with Crippen molar-refractivity contribution in [2.45, 2.75) is 26.4 Å². The van der Waals surface area contributed by atoms with Crippen LogP contribution in [-0.4, -0.2) is 23.6 Å². The summed E-state index contributed by atoms with van der Waals surface area (Å²) in [5.41, 5.74) is 2.43. The number of rotatable bonds is 6. The Morgan fingerprint density at radius 2 is 1.57 bits per heavy atom. The van der Waals surface area contributed by atoms with Crippen molar-refractivity contribution in [3.05, 3.63) is 65.2 Å². The van der Waals surface area contributed by atoms with Crippen LogP contribution in [0.3, 0.4) is 0 Å². The minimum atomic E-state index is -0.459. The molecule has 1 unspecified atom stereocenters. The summed E-state index contributed by atoms with van der Waals surface area (Å²) >= 11 is 0. The van der Waals surface area contributed by atoms with Gasteiger partial charge in [0, 0.05) is 11.1 Å². The van der Waals surface area contributed by atoms with Crippen molar-refractivity contribution in [1.82, 2.24) is 0 Å². The predicted molar refractivity (Wildman–Crippen MR) is 82.8 cm³/mol. The van der Waals surface area contributed by atoms with E-state index in [1.54, 1.807) is 24.3 Å². The number of ether oxygens (including phenoxy) is 1. The van der Waals surface area contributed by atoms with Crippen LogP contribution in [0.4, 0.5) is 0 Å². The molecule has 1 N–H and O–H groups in total. The first-order chi connectivity index (χ1) is 10.1. The molecule has 0 amide bonds. The largest absolute Gasteiger partial charge is 0.491 e. The number of benzene rings is 2. The summed E-state index contributed by atoms with van der Waals surface area (Å²) in [7, 11) is 0. The first-order valence-electron chi connectivity index (χ1n) is 7.12. The van der Waals surface area contributed by atoms with Gasteiger partial charge >= 0.3 is 0 Å². The second-order valence-corrected chi connectivity index (χ2v) is 5.09. The van der Waals surface area contributed by atoms with Gasteiger partial charge in [0.15, 0.2) is 5.78 Å². The summed E-state index contributed by atoms with van der Waals surface area (Å²) in [6.45, 7) is 4.16. The quantitative estimate of drug-likeness (QED) is 0.827. The molecule has 0 bridgehead atoms. The molecule has 0 aliphatic heterocycles. The summed E-state index contributed by atoms with van der Waals surface area (Å²) in [6, 6.07) is 14.5. The van der Waals surface area contributed by atoms with E-state index in [-0.39, 0.29) is 12.4 Å². The van der Waals surface area contributed by atoms with Crippen molar-refractivity contribution < 1.29 is 14.6 Å². The van der Waals surface area contributed by atoms with Gasteiger partial charge in [-0.25, -0.2) is 0 Å². The van der Waals surface area contributed by atoms with Crippen LogP contribution in [0.5, 0.6) is 5.75 Å². The van der Waals surface area contributed by atoms with E-state index in [0.717, 1.165) is 5.56 Å². The molecule has 0 radical (unpaired) electrons. The minimum absolute atomic E-state index is 0.00450. The van der Waals surface area contributed by atoms with E-state index in [1.165, 1.54) is 0 Å². The van der Waals surface area contributed by atoms with Gasteiger partial charge < -0.3 is 9.84 Å². The van der Waals surface area contributed by atoms with Gasteiger partial charge in [-0.15, -0.1) is 0 Å². The molecule has 110 valence electrons. The fraction of sp³-hybridized carbons (Fsp3) is 0.278. The standard InChI is InChI=1S/C18H20O3/c1-3-16(19)12-21-17-10-8-15(9-11-17)18(20)14-6-4-13(2)5-7-14/h4-11,16,19H,3,12H2,1-2H3. The fourth-order valence-corrected chi connectivity index (χ4v) is 1.88. The third-order valence-corrected chi connectivity index (χ3v) is 3.34. The molecule has 0 heterocycles. The van der Waals surface area contributed by atoms with E-state index < -0.39 is 6.10 Å². The number of aliphatic hydroxyl groups is 1. The average molecular weight is 284 g/mol. The van der Waals surface area contributed by atoms with Crippen molar-refractivity contribution in [2.24, 2.45) is 0 Å². The lowest BCUT2D eigenvalue weighted by Gasteiger charge is -2.10. The molecule has 21 heavy (non-hydrogen) atoms. The van der Waals surface area contributed by atoms with Crippen molar-refractivity contribution >= 4 is 5.78 Å². The Labute approximate surface area is 125 Å². The number of hydrogen-bond donors (Lipinski definition) is 1. The van der Waals surface area contributed by atoms with Crippen LogP contribution in [0.25, 0.3) is 0 Å². The zero-order valence-corrected chi connectivity index (χ0v) is 12.4. The molecule has 0 aliphatic carbocycles. The summed E-state index contributed by atoms with van der Waals surface area (Å²) in [6.07, 6.45) is 0.197. The van der Waals surface area contributed by atoms with Crippen molar-refractivity contribution in [3.8, 4) is 5.75 Å². The lowest BCUT2D eigenvalue weighted by Crippen LogP contribution is -2.16. The van der Waals surface area contributed by atoms with Gasteiger partial charge in [-0.2, -0.15) is 0 Å². The van der Waals surface area contributed by atoms with Crippen molar-refractivity contribution in [3.63, 3.8) is 0 Å². The zero-order valence-electron chi connectivity index (χ0n) is 12.4. The Bertz CT molecular complexity index is 585. The van der Waals surface area contributed by atoms with Gasteiger partial charge in [0.25, 0.3) is 0 Å². The Morgan fingerprint density at radius 3 is 2.10 bits per heavy atom. The summed E-state index contributed by atoms with van der Waals surface area (Å²) < 4.78 is 5.45. The molecule has 0 saturated heterocycles. The Kier molecular flexibility index (Phi) is 5.12. The van der Waals surface area contributed by atoms with Crippen LogP contribution in [0.15, 0.2) is 48.5 Å². The van der Waals surface area contributed by atoms with Crippen LogP contribution in [0.2, 0.25) is 0 Å². The number of carbonyl (C=O) groups excluding carboxylic acids is 1. The van der Waals surface area contributed by atoms with Gasteiger partial charge in [0.1, 0.15) is 12.4 Å². The maximum Gasteiger partial charge on any atom is 0.193 e. The number of carbonyl (C=O) groups is 1. The van der Waals surface area contributed by atoms with Crippen LogP contribution in [0, 0.1) is 6.92 Å². The number of aryl methyl sites for hydroxylation is 1. The third-order valence-electron chi connectivity index (χ3n) is 3.34. The van der Waals surface area contributed by atoms with E-state index in [1.807, 2.05) is 38.1 Å². The van der Waals surface area contributed by atoms with Crippen LogP contribution < -0.4 is 4.74 Å². The molecule has 0 fully saturated rings. The lowest BCUT2D eigenvalue weighted by molar-refractivity contribution is 0.103. The SMILES string of the molecule is CCC(O)COc1ccc(C(=O)c2ccc(C)cc2)cc1. The summed E-state index contributed by atoms with van der Waals surface area (Å²) in [5, 5.41) is 9.45. The molecule has 1 atom stereocenters. The van der Waals surface area contributed by atoms with Gasteiger partial charge in [-0.1, -0.05) is 36.8 Å². The zero-order chi connectivity index (χ0) is 15.2. The highest BCUT2D eigenvalue weighted by atomic mass is 16.5.